The first kappa shape index (κ1) is 17.8. The maximum Gasteiger partial charge on any atom is 0.261 e. The van der Waals surface area contributed by atoms with Crippen LogP contribution in [-0.4, -0.2) is 23.3 Å². The van der Waals surface area contributed by atoms with Crippen molar-refractivity contribution in [3.63, 3.8) is 0 Å². The second-order valence-electron chi connectivity index (χ2n) is 6.40. The number of rotatable bonds is 4. The Morgan fingerprint density at radius 1 is 0.714 bits per heavy atom. The second kappa shape index (κ2) is 7.19. The number of carbonyl (C=O) groups excluding carboxylic acids is 2. The monoisotopic (exact) mass is 375 g/mol. The van der Waals surface area contributed by atoms with Gasteiger partial charge in [-0.25, -0.2) is 8.78 Å². The van der Waals surface area contributed by atoms with E-state index in [0.717, 1.165) is 4.90 Å². The molecule has 0 unspecified atom stereocenters. The van der Waals surface area contributed by atoms with Crippen LogP contribution in [0.15, 0.2) is 78.9 Å². The molecule has 3 aromatic rings. The van der Waals surface area contributed by atoms with Gasteiger partial charge < -0.3 is 0 Å². The number of hydrogen-bond acceptors (Lipinski definition) is 2. The van der Waals surface area contributed by atoms with Crippen LogP contribution in [-0.2, 0) is 0 Å². The third kappa shape index (κ3) is 3.22. The van der Waals surface area contributed by atoms with Crippen LogP contribution in [0.5, 0.6) is 0 Å². The molecule has 1 heterocycles. The lowest BCUT2D eigenvalue weighted by atomic mass is 9.97. The van der Waals surface area contributed by atoms with Crippen molar-refractivity contribution in [2.45, 2.75) is 0 Å². The van der Waals surface area contributed by atoms with E-state index in [1.807, 2.05) is 0 Å². The largest absolute Gasteiger partial charge is 0.270 e. The molecular formula is C23H15F2NO2. The summed E-state index contributed by atoms with van der Waals surface area (Å²) in [5, 5.41) is 0. The van der Waals surface area contributed by atoms with Crippen molar-refractivity contribution in [1.29, 1.82) is 0 Å². The molecule has 28 heavy (non-hydrogen) atoms. The summed E-state index contributed by atoms with van der Waals surface area (Å²) >= 11 is 0. The number of halogens is 2. The molecule has 1 aliphatic rings. The van der Waals surface area contributed by atoms with E-state index in [1.165, 1.54) is 24.3 Å². The first-order chi connectivity index (χ1) is 13.5. The predicted molar refractivity (Wildman–Crippen MR) is 102 cm³/mol. The molecule has 0 radical (unpaired) electrons. The number of nitrogens with zero attached hydrogens (tertiary/aromatic N) is 1. The summed E-state index contributed by atoms with van der Waals surface area (Å²) in [6, 6.07) is 18.4. The van der Waals surface area contributed by atoms with Gasteiger partial charge in [-0.05, 0) is 53.1 Å². The first-order valence-corrected chi connectivity index (χ1v) is 8.72. The summed E-state index contributed by atoms with van der Waals surface area (Å²) in [6.07, 6.45) is 1.72. The Kier molecular flexibility index (Phi) is 4.57. The fourth-order valence-electron chi connectivity index (χ4n) is 3.25. The summed E-state index contributed by atoms with van der Waals surface area (Å²) in [5.41, 5.74) is 2.84. The van der Waals surface area contributed by atoms with Gasteiger partial charge in [0, 0.05) is 6.54 Å². The molecular weight excluding hydrogens is 360 g/mol. The van der Waals surface area contributed by atoms with Gasteiger partial charge in [0.2, 0.25) is 0 Å². The van der Waals surface area contributed by atoms with Crippen LogP contribution < -0.4 is 0 Å². The molecule has 0 bridgehead atoms. The van der Waals surface area contributed by atoms with Gasteiger partial charge in [0.25, 0.3) is 11.8 Å². The average molecular weight is 375 g/mol. The molecule has 0 saturated carbocycles. The molecule has 0 fully saturated rings. The van der Waals surface area contributed by atoms with E-state index in [0.29, 0.717) is 27.8 Å². The van der Waals surface area contributed by atoms with Crippen molar-refractivity contribution >= 4 is 17.4 Å². The minimum atomic E-state index is -0.373. The van der Waals surface area contributed by atoms with Gasteiger partial charge >= 0.3 is 0 Å². The average Bonchev–Trinajstić information content (AvgIpc) is 2.95. The van der Waals surface area contributed by atoms with Crippen molar-refractivity contribution in [2.75, 3.05) is 6.54 Å². The van der Waals surface area contributed by atoms with E-state index < -0.39 is 0 Å². The molecule has 0 spiro atoms. The maximum absolute atomic E-state index is 13.3. The van der Waals surface area contributed by atoms with Crippen LogP contribution >= 0.6 is 0 Å². The molecule has 0 N–H and O–H groups in total. The molecule has 3 aromatic carbocycles. The molecule has 0 aromatic heterocycles. The van der Waals surface area contributed by atoms with Crippen LogP contribution in [0.25, 0.3) is 5.57 Å². The lowest BCUT2D eigenvalue weighted by Gasteiger charge is -2.14. The van der Waals surface area contributed by atoms with Gasteiger partial charge in [-0.1, -0.05) is 42.5 Å². The number of amides is 2. The maximum atomic E-state index is 13.3. The Morgan fingerprint density at radius 2 is 1.14 bits per heavy atom. The van der Waals surface area contributed by atoms with Gasteiger partial charge in [-0.3, -0.25) is 14.5 Å². The molecule has 3 nitrogen and oxygen atoms in total. The number of hydrogen-bond donors (Lipinski definition) is 0. The van der Waals surface area contributed by atoms with Gasteiger partial charge in [0.05, 0.1) is 11.1 Å². The van der Waals surface area contributed by atoms with Crippen molar-refractivity contribution in [2.24, 2.45) is 0 Å². The molecule has 4 rings (SSSR count). The third-order valence-corrected chi connectivity index (χ3v) is 4.67. The van der Waals surface area contributed by atoms with Gasteiger partial charge in [0.1, 0.15) is 11.6 Å². The highest BCUT2D eigenvalue weighted by atomic mass is 19.1. The number of benzene rings is 3. The normalized spacial score (nSPS) is 12.9. The second-order valence-corrected chi connectivity index (χ2v) is 6.40. The Bertz CT molecular complexity index is 1000. The van der Waals surface area contributed by atoms with Gasteiger partial charge in [0.15, 0.2) is 0 Å². The zero-order valence-corrected chi connectivity index (χ0v) is 14.7. The van der Waals surface area contributed by atoms with Crippen molar-refractivity contribution in [1.82, 2.24) is 4.90 Å². The fraction of sp³-hybridized carbons (Fsp3) is 0.0435. The molecule has 0 saturated heterocycles. The standard InChI is InChI=1S/C23H15F2NO2/c24-17-9-5-15(6-10-17)19(16-7-11-18(25)12-8-16)13-14-26-22(27)20-3-1-2-4-21(20)23(26)28/h1-13H,14H2. The van der Waals surface area contributed by atoms with E-state index in [2.05, 4.69) is 0 Å². The molecule has 1 aliphatic heterocycles. The smallest absolute Gasteiger partial charge is 0.261 e. The Balaban J connectivity index is 1.70. The Morgan fingerprint density at radius 3 is 1.57 bits per heavy atom. The topological polar surface area (TPSA) is 37.4 Å². The summed E-state index contributed by atoms with van der Waals surface area (Å²) < 4.78 is 26.6. The number of fused-ring (bicyclic) bond motifs is 1. The molecule has 138 valence electrons. The zero-order valence-electron chi connectivity index (χ0n) is 14.7. The van der Waals surface area contributed by atoms with E-state index in [9.17, 15) is 18.4 Å². The molecule has 0 atom stereocenters. The quantitative estimate of drug-likeness (QED) is 0.620. The minimum Gasteiger partial charge on any atom is -0.270 e. The van der Waals surface area contributed by atoms with Crippen molar-refractivity contribution in [3.05, 3.63) is 113 Å². The Hall–Kier alpha value is -3.60. The van der Waals surface area contributed by atoms with Crippen molar-refractivity contribution < 1.29 is 18.4 Å². The summed E-state index contributed by atoms with van der Waals surface area (Å²) in [4.78, 5) is 26.3. The molecule has 2 amide bonds. The van der Waals surface area contributed by atoms with Gasteiger partial charge in [-0.2, -0.15) is 0 Å². The highest BCUT2D eigenvalue weighted by Crippen LogP contribution is 2.26. The zero-order chi connectivity index (χ0) is 19.7. The van der Waals surface area contributed by atoms with Crippen LogP contribution in [0.2, 0.25) is 0 Å². The van der Waals surface area contributed by atoms with Crippen LogP contribution in [0.1, 0.15) is 31.8 Å². The fourth-order valence-corrected chi connectivity index (χ4v) is 3.25. The highest BCUT2D eigenvalue weighted by molar-refractivity contribution is 6.21. The van der Waals surface area contributed by atoms with Crippen LogP contribution in [0.4, 0.5) is 8.78 Å². The lowest BCUT2D eigenvalue weighted by molar-refractivity contribution is 0.0672. The number of carbonyl (C=O) groups is 2. The Labute approximate surface area is 160 Å². The summed E-state index contributed by atoms with van der Waals surface area (Å²) in [7, 11) is 0. The number of imide groups is 1. The lowest BCUT2D eigenvalue weighted by Crippen LogP contribution is -2.29. The molecule has 5 heteroatoms. The van der Waals surface area contributed by atoms with E-state index in [1.54, 1.807) is 54.6 Å². The minimum absolute atomic E-state index is 0.0520. The summed E-state index contributed by atoms with van der Waals surface area (Å²) in [5.74, 6) is -1.45. The highest BCUT2D eigenvalue weighted by Gasteiger charge is 2.34. The van der Waals surface area contributed by atoms with E-state index >= 15 is 0 Å². The van der Waals surface area contributed by atoms with E-state index in [-0.39, 0.29) is 30.0 Å². The predicted octanol–water partition coefficient (Wildman–Crippen LogP) is 4.69. The van der Waals surface area contributed by atoms with Gasteiger partial charge in [-0.15, -0.1) is 0 Å². The molecule has 0 aliphatic carbocycles. The third-order valence-electron chi connectivity index (χ3n) is 4.67. The SMILES string of the molecule is O=C1c2ccccc2C(=O)N1CC=C(c1ccc(F)cc1)c1ccc(F)cc1. The van der Waals surface area contributed by atoms with Crippen LogP contribution in [0, 0.1) is 11.6 Å². The van der Waals surface area contributed by atoms with Crippen molar-refractivity contribution in [3.8, 4) is 0 Å². The van der Waals surface area contributed by atoms with E-state index in [4.69, 9.17) is 0 Å². The first-order valence-electron chi connectivity index (χ1n) is 8.72. The van der Waals surface area contributed by atoms with Crippen LogP contribution in [0.3, 0.4) is 0 Å². The summed E-state index contributed by atoms with van der Waals surface area (Å²) in [6.45, 7) is 0.0520.